The van der Waals surface area contributed by atoms with Gasteiger partial charge in [-0.15, -0.1) is 0 Å². The summed E-state index contributed by atoms with van der Waals surface area (Å²) in [5.74, 6) is -1.39. The number of unbranched alkanes of at least 4 members (excludes halogenated alkanes) is 43. The molecule has 0 saturated carbocycles. The van der Waals surface area contributed by atoms with Crippen molar-refractivity contribution in [2.24, 2.45) is 5.92 Å². The average molecular weight is 1390 g/mol. The SMILES string of the molecule is CCCCCC/C=C\C=C/CCCCCCCC(=O)OC[C@H](COP(=O)(O)OC[C@@H](O)COP(=O)(O)OC[C@@H](COC(=O)CCCCCCC)OC(=O)CCCCCCCCCCCCCC(C)C)OC(=O)CCCCCCCCCCCCCCCCCCCCCCC. The molecule has 0 bridgehead atoms. The van der Waals surface area contributed by atoms with Crippen LogP contribution in [0.2, 0.25) is 0 Å². The van der Waals surface area contributed by atoms with E-state index in [1.54, 1.807) is 0 Å². The van der Waals surface area contributed by atoms with Crippen LogP contribution in [0.4, 0.5) is 0 Å². The molecule has 0 aromatic heterocycles. The smallest absolute Gasteiger partial charge is 0.462 e. The Kier molecular flexibility index (Phi) is 66.9. The number of esters is 4. The van der Waals surface area contributed by atoms with Gasteiger partial charge in [-0.1, -0.05) is 322 Å². The van der Waals surface area contributed by atoms with Crippen molar-refractivity contribution in [3.05, 3.63) is 24.3 Å². The highest BCUT2D eigenvalue weighted by Gasteiger charge is 2.30. The largest absolute Gasteiger partial charge is 0.472 e. The number of hydrogen-bond acceptors (Lipinski definition) is 15. The molecule has 0 saturated heterocycles. The van der Waals surface area contributed by atoms with Crippen molar-refractivity contribution in [3.8, 4) is 0 Å². The third-order valence-electron chi connectivity index (χ3n) is 17.2. The van der Waals surface area contributed by atoms with Crippen LogP contribution >= 0.6 is 15.6 Å². The van der Waals surface area contributed by atoms with Crippen molar-refractivity contribution in [2.45, 2.75) is 393 Å². The molecule has 0 rings (SSSR count). The standard InChI is InChI=1S/C76H144O17P2/c1-6-9-12-15-17-19-21-23-25-26-27-28-29-30-32-34-38-42-46-51-56-61-76(81)93-72(66-87-74(79)60-55-50-45-41-37-33-31-24-22-20-18-16-13-10-7-2)68-91-95(84,85)89-64-70(77)63-88-94(82,83)90-67-71(65-86-73(78)59-54-48-14-11-8-3)92-75(80)62-57-52-47-43-39-35-36-40-44-49-53-58-69(4)5/h20,22,24,31,69-72,77H,6-19,21,23,25-30,32-68H2,1-5H3,(H,82,83)(H,84,85)/b22-20-,31-24-/t70-,71+,72+/m0/s1. The summed E-state index contributed by atoms with van der Waals surface area (Å²) in [5, 5.41) is 10.6. The lowest BCUT2D eigenvalue weighted by atomic mass is 10.0. The predicted octanol–water partition coefficient (Wildman–Crippen LogP) is 22.0. The summed E-state index contributed by atoms with van der Waals surface area (Å²) in [5.41, 5.74) is 0. The second-order valence-corrected chi connectivity index (χ2v) is 30.1. The number of aliphatic hydroxyl groups is 1. The Hall–Kier alpha value is -2.46. The summed E-state index contributed by atoms with van der Waals surface area (Å²) in [6.45, 7) is 7.13. The first-order valence-corrected chi connectivity index (χ1v) is 41.9. The molecule has 3 N–H and O–H groups in total. The summed E-state index contributed by atoms with van der Waals surface area (Å²) in [4.78, 5) is 72.5. The number of ether oxygens (including phenoxy) is 4. The minimum absolute atomic E-state index is 0.102. The number of allylic oxidation sites excluding steroid dienone is 4. The van der Waals surface area contributed by atoms with Gasteiger partial charge in [0, 0.05) is 25.7 Å². The van der Waals surface area contributed by atoms with E-state index in [-0.39, 0.29) is 25.7 Å². The summed E-state index contributed by atoms with van der Waals surface area (Å²) in [7, 11) is -9.91. The van der Waals surface area contributed by atoms with Gasteiger partial charge in [0.15, 0.2) is 12.2 Å². The molecule has 0 aliphatic rings. The van der Waals surface area contributed by atoms with Gasteiger partial charge in [0.2, 0.25) is 0 Å². The monoisotopic (exact) mass is 1390 g/mol. The second kappa shape index (κ2) is 68.7. The van der Waals surface area contributed by atoms with Gasteiger partial charge < -0.3 is 33.8 Å². The molecule has 0 spiro atoms. The van der Waals surface area contributed by atoms with Crippen LogP contribution in [-0.4, -0.2) is 96.7 Å². The van der Waals surface area contributed by atoms with E-state index in [0.717, 1.165) is 121 Å². The van der Waals surface area contributed by atoms with Gasteiger partial charge in [-0.2, -0.15) is 0 Å². The Morgan fingerprint density at radius 2 is 0.568 bits per heavy atom. The van der Waals surface area contributed by atoms with Gasteiger partial charge in [-0.05, 0) is 57.3 Å². The van der Waals surface area contributed by atoms with Crippen LogP contribution in [0, 0.1) is 5.92 Å². The van der Waals surface area contributed by atoms with Crippen molar-refractivity contribution in [1.82, 2.24) is 0 Å². The Morgan fingerprint density at radius 3 is 0.863 bits per heavy atom. The number of hydrogen-bond donors (Lipinski definition) is 3. The zero-order chi connectivity index (χ0) is 69.8. The van der Waals surface area contributed by atoms with E-state index in [0.29, 0.717) is 25.7 Å². The first-order chi connectivity index (χ1) is 46.0. The molecule has 19 heteroatoms. The average Bonchev–Trinajstić information content (AvgIpc) is 3.44. The second-order valence-electron chi connectivity index (χ2n) is 27.2. The van der Waals surface area contributed by atoms with Gasteiger partial charge >= 0.3 is 39.5 Å². The van der Waals surface area contributed by atoms with Crippen molar-refractivity contribution in [1.29, 1.82) is 0 Å². The molecule has 560 valence electrons. The molecule has 95 heavy (non-hydrogen) atoms. The molecule has 0 radical (unpaired) electrons. The zero-order valence-corrected chi connectivity index (χ0v) is 63.1. The van der Waals surface area contributed by atoms with Gasteiger partial charge in [0.05, 0.1) is 26.4 Å². The van der Waals surface area contributed by atoms with Crippen LogP contribution < -0.4 is 0 Å². The van der Waals surface area contributed by atoms with E-state index < -0.39 is 97.5 Å². The van der Waals surface area contributed by atoms with Gasteiger partial charge in [0.1, 0.15) is 19.3 Å². The van der Waals surface area contributed by atoms with Crippen molar-refractivity contribution in [3.63, 3.8) is 0 Å². The van der Waals surface area contributed by atoms with E-state index in [1.165, 1.54) is 173 Å². The normalized spacial score (nSPS) is 14.1. The Balaban J connectivity index is 5.15. The van der Waals surface area contributed by atoms with E-state index >= 15 is 0 Å². The van der Waals surface area contributed by atoms with Crippen LogP contribution in [0.3, 0.4) is 0 Å². The van der Waals surface area contributed by atoms with E-state index in [9.17, 15) is 43.2 Å². The summed E-state index contributed by atoms with van der Waals surface area (Å²) in [6, 6.07) is 0. The third-order valence-corrected chi connectivity index (χ3v) is 19.1. The first kappa shape index (κ1) is 92.5. The fraction of sp³-hybridized carbons (Fsp3) is 0.895. The lowest BCUT2D eigenvalue weighted by Gasteiger charge is -2.21. The zero-order valence-electron chi connectivity index (χ0n) is 61.3. The molecule has 0 aliphatic carbocycles. The van der Waals surface area contributed by atoms with Crippen molar-refractivity contribution >= 4 is 39.5 Å². The molecular formula is C76H144O17P2. The fourth-order valence-corrected chi connectivity index (χ4v) is 12.7. The molecule has 0 fully saturated rings. The molecule has 17 nitrogen and oxygen atoms in total. The highest BCUT2D eigenvalue weighted by atomic mass is 31.2. The number of rotatable bonds is 74. The summed E-state index contributed by atoms with van der Waals surface area (Å²) < 4.78 is 68.2. The highest BCUT2D eigenvalue weighted by molar-refractivity contribution is 7.47. The van der Waals surface area contributed by atoms with E-state index in [2.05, 4.69) is 58.9 Å². The Bertz CT molecular complexity index is 1920. The van der Waals surface area contributed by atoms with Crippen molar-refractivity contribution in [2.75, 3.05) is 39.6 Å². The third kappa shape index (κ3) is 69.8. The molecule has 0 amide bonds. The number of phosphoric ester groups is 2. The quantitative estimate of drug-likeness (QED) is 0.0169. The molecule has 0 heterocycles. The Morgan fingerprint density at radius 1 is 0.326 bits per heavy atom. The minimum atomic E-state index is -4.96. The molecule has 2 unspecified atom stereocenters. The van der Waals surface area contributed by atoms with E-state index in [1.807, 2.05) is 0 Å². The molecule has 0 aliphatic heterocycles. The van der Waals surface area contributed by atoms with Crippen LogP contribution in [0.25, 0.3) is 0 Å². The molecule has 5 atom stereocenters. The molecule has 0 aromatic carbocycles. The van der Waals surface area contributed by atoms with Crippen LogP contribution in [0.15, 0.2) is 24.3 Å². The summed E-state index contributed by atoms with van der Waals surface area (Å²) >= 11 is 0. The lowest BCUT2D eigenvalue weighted by Crippen LogP contribution is -2.30. The Labute approximate surface area is 580 Å². The van der Waals surface area contributed by atoms with Crippen molar-refractivity contribution < 1.29 is 80.2 Å². The number of carbonyl (C=O) groups is 4. The lowest BCUT2D eigenvalue weighted by molar-refractivity contribution is -0.161. The summed E-state index contributed by atoms with van der Waals surface area (Å²) in [6.07, 6.45) is 61.0. The van der Waals surface area contributed by atoms with Crippen LogP contribution in [-0.2, 0) is 65.4 Å². The van der Waals surface area contributed by atoms with Crippen LogP contribution in [0.5, 0.6) is 0 Å². The fourth-order valence-electron chi connectivity index (χ4n) is 11.2. The topological polar surface area (TPSA) is 237 Å². The minimum Gasteiger partial charge on any atom is -0.462 e. The predicted molar refractivity (Wildman–Crippen MR) is 386 cm³/mol. The molecular weight excluding hydrogens is 1250 g/mol. The first-order valence-electron chi connectivity index (χ1n) is 39.0. The van der Waals surface area contributed by atoms with Gasteiger partial charge in [-0.3, -0.25) is 37.3 Å². The van der Waals surface area contributed by atoms with E-state index in [4.69, 9.17) is 37.0 Å². The maximum Gasteiger partial charge on any atom is 0.472 e. The maximum atomic E-state index is 13.1. The number of phosphoric acid groups is 2. The maximum absolute atomic E-state index is 13.1. The van der Waals surface area contributed by atoms with Crippen LogP contribution in [0.1, 0.15) is 375 Å². The number of carbonyl (C=O) groups excluding carboxylic acids is 4. The highest BCUT2D eigenvalue weighted by Crippen LogP contribution is 2.45. The number of aliphatic hydroxyl groups excluding tert-OH is 1. The van der Waals surface area contributed by atoms with Gasteiger partial charge in [-0.25, -0.2) is 9.13 Å². The van der Waals surface area contributed by atoms with Gasteiger partial charge in [0.25, 0.3) is 0 Å². The molecule has 0 aromatic rings.